The molecule has 0 spiro atoms. The molecule has 2 aliphatic rings. The monoisotopic (exact) mass is 354 g/mol. The summed E-state index contributed by atoms with van der Waals surface area (Å²) in [4.78, 5) is 5.16. The highest BCUT2D eigenvalue weighted by Gasteiger charge is 2.42. The van der Waals surface area contributed by atoms with Gasteiger partial charge in [0.15, 0.2) is 6.29 Å². The number of ether oxygens (including phenoxy) is 2. The molecule has 2 saturated heterocycles. The molecule has 0 amide bonds. The molecule has 2 aliphatic heterocycles. The van der Waals surface area contributed by atoms with Crippen molar-refractivity contribution in [2.45, 2.75) is 38.6 Å². The van der Waals surface area contributed by atoms with Crippen molar-refractivity contribution >= 4 is 22.6 Å². The van der Waals surface area contributed by atoms with Gasteiger partial charge in [0.05, 0.1) is 11.2 Å². The van der Waals surface area contributed by atoms with E-state index < -0.39 is 0 Å². The smallest absolute Gasteiger partial charge is 0.154 e. The van der Waals surface area contributed by atoms with Crippen LogP contribution in [0, 0.1) is 0 Å². The Morgan fingerprint density at radius 2 is 1.94 bits per heavy atom. The number of rotatable bonds is 7. The first kappa shape index (κ1) is 14.0. The van der Waals surface area contributed by atoms with Crippen LogP contribution in [0.15, 0.2) is 0 Å². The van der Waals surface area contributed by atoms with Gasteiger partial charge in [0.2, 0.25) is 0 Å². The van der Waals surface area contributed by atoms with Gasteiger partial charge in [-0.2, -0.15) is 0 Å². The van der Waals surface area contributed by atoms with Gasteiger partial charge in [-0.25, -0.2) is 0 Å². The number of hydrogen-bond donors (Lipinski definition) is 0. The number of piperazine rings is 1. The van der Waals surface area contributed by atoms with Gasteiger partial charge in [-0.15, -0.1) is 0 Å². The van der Waals surface area contributed by atoms with Gasteiger partial charge in [-0.1, -0.05) is 22.6 Å². The van der Waals surface area contributed by atoms with Gasteiger partial charge >= 0.3 is 0 Å². The van der Waals surface area contributed by atoms with Gasteiger partial charge in [0, 0.05) is 38.3 Å². The van der Waals surface area contributed by atoms with Crippen LogP contribution in [0.25, 0.3) is 0 Å². The summed E-state index contributed by atoms with van der Waals surface area (Å²) in [6.45, 7) is 8.99. The van der Waals surface area contributed by atoms with Crippen LogP contribution < -0.4 is 0 Å². The van der Waals surface area contributed by atoms with Crippen LogP contribution >= 0.6 is 22.6 Å². The molecule has 0 aromatic rings. The van der Waals surface area contributed by atoms with Crippen molar-refractivity contribution in [2.24, 2.45) is 0 Å². The van der Waals surface area contributed by atoms with Crippen LogP contribution in [0.1, 0.15) is 20.3 Å². The van der Waals surface area contributed by atoms with E-state index in [1.807, 2.05) is 13.8 Å². The number of halogens is 1. The molecule has 2 rings (SSSR count). The topological polar surface area (TPSA) is 24.9 Å². The summed E-state index contributed by atoms with van der Waals surface area (Å²) in [7, 11) is 0. The Kier molecular flexibility index (Phi) is 5.48. The van der Waals surface area contributed by atoms with Crippen molar-refractivity contribution in [3.63, 3.8) is 0 Å². The second-order valence-corrected chi connectivity index (χ2v) is 5.51. The lowest BCUT2D eigenvalue weighted by Crippen LogP contribution is -2.46. The van der Waals surface area contributed by atoms with E-state index >= 15 is 0 Å². The maximum Gasteiger partial charge on any atom is 0.154 e. The molecule has 0 aromatic carbocycles. The van der Waals surface area contributed by atoms with Crippen LogP contribution in [0.2, 0.25) is 0 Å². The van der Waals surface area contributed by atoms with E-state index in [1.165, 1.54) is 24.1 Å². The van der Waals surface area contributed by atoms with E-state index in [0.29, 0.717) is 0 Å². The highest BCUT2D eigenvalue weighted by atomic mass is 127. The number of fused-ring (bicyclic) bond motifs is 2. The largest absolute Gasteiger partial charge is 0.353 e. The molecule has 0 aromatic heterocycles. The molecule has 2 heterocycles. The summed E-state index contributed by atoms with van der Waals surface area (Å²) in [6, 6.07) is 1.56. The molecule has 3 unspecified atom stereocenters. The minimum Gasteiger partial charge on any atom is -0.353 e. The molecule has 2 fully saturated rings. The second-order valence-electron chi connectivity index (χ2n) is 4.82. The zero-order valence-electron chi connectivity index (χ0n) is 10.8. The zero-order valence-corrected chi connectivity index (χ0v) is 12.9. The Morgan fingerprint density at radius 1 is 1.24 bits per heavy atom. The van der Waals surface area contributed by atoms with E-state index in [1.54, 1.807) is 0 Å². The van der Waals surface area contributed by atoms with E-state index in [2.05, 4.69) is 32.4 Å². The number of nitrogens with zero attached hydrogens (tertiary/aromatic N) is 2. The highest BCUT2D eigenvalue weighted by Crippen LogP contribution is 2.30. The summed E-state index contributed by atoms with van der Waals surface area (Å²) >= 11 is 2.47. The molecule has 4 nitrogen and oxygen atoms in total. The molecule has 0 aliphatic carbocycles. The molecule has 2 bridgehead atoms. The third-order valence-corrected chi connectivity index (χ3v) is 4.63. The predicted octanol–water partition coefficient (Wildman–Crippen LogP) is 1.54. The summed E-state index contributed by atoms with van der Waals surface area (Å²) < 4.78 is 12.2. The van der Waals surface area contributed by atoms with Gasteiger partial charge in [-0.3, -0.25) is 9.80 Å². The fourth-order valence-electron chi connectivity index (χ4n) is 2.87. The van der Waals surface area contributed by atoms with Crippen LogP contribution in [0.3, 0.4) is 0 Å². The lowest BCUT2D eigenvalue weighted by atomic mass is 10.2. The third kappa shape index (κ3) is 3.53. The van der Waals surface area contributed by atoms with Crippen LogP contribution in [-0.2, 0) is 9.47 Å². The highest BCUT2D eigenvalue weighted by molar-refractivity contribution is 14.1. The Balaban J connectivity index is 1.63. The van der Waals surface area contributed by atoms with Gasteiger partial charge in [-0.05, 0) is 20.3 Å². The second kappa shape index (κ2) is 6.65. The fraction of sp³-hybridized carbons (Fsp3) is 1.00. The number of likely N-dealkylation sites (tertiary alicyclic amines) is 2. The van der Waals surface area contributed by atoms with Crippen molar-refractivity contribution in [1.29, 1.82) is 0 Å². The van der Waals surface area contributed by atoms with Crippen LogP contribution in [0.5, 0.6) is 0 Å². The molecule has 0 saturated carbocycles. The van der Waals surface area contributed by atoms with Gasteiger partial charge in [0.1, 0.15) is 0 Å². The average molecular weight is 354 g/mol. The van der Waals surface area contributed by atoms with Crippen molar-refractivity contribution in [3.05, 3.63) is 0 Å². The Morgan fingerprint density at radius 3 is 2.53 bits per heavy atom. The molecular formula is C12H23IN2O2. The Bertz CT molecular complexity index is 243. The molecule has 5 heteroatoms. The van der Waals surface area contributed by atoms with Crippen molar-refractivity contribution in [1.82, 2.24) is 9.80 Å². The fourth-order valence-corrected chi connectivity index (χ4v) is 3.71. The Hall–Kier alpha value is 0.570. The third-order valence-electron chi connectivity index (χ3n) is 3.75. The lowest BCUT2D eigenvalue weighted by molar-refractivity contribution is -0.130. The maximum absolute atomic E-state index is 5.63. The summed E-state index contributed by atoms with van der Waals surface area (Å²) in [5.74, 6) is 0. The minimum atomic E-state index is -0.0642. The number of hydrogen-bond acceptors (Lipinski definition) is 4. The van der Waals surface area contributed by atoms with E-state index in [0.717, 1.165) is 31.8 Å². The normalized spacial score (nSPS) is 31.2. The van der Waals surface area contributed by atoms with Crippen molar-refractivity contribution < 1.29 is 9.47 Å². The van der Waals surface area contributed by atoms with Crippen LogP contribution in [0.4, 0.5) is 0 Å². The first-order valence-electron chi connectivity index (χ1n) is 6.51. The average Bonchev–Trinajstić information content (AvgIpc) is 2.88. The molecule has 17 heavy (non-hydrogen) atoms. The van der Waals surface area contributed by atoms with Crippen molar-refractivity contribution in [3.8, 4) is 0 Å². The van der Waals surface area contributed by atoms with E-state index in [4.69, 9.17) is 9.47 Å². The van der Waals surface area contributed by atoms with E-state index in [9.17, 15) is 0 Å². The lowest BCUT2D eigenvalue weighted by Gasteiger charge is -2.33. The molecule has 0 radical (unpaired) electrons. The van der Waals surface area contributed by atoms with Gasteiger partial charge in [0.25, 0.3) is 0 Å². The number of alkyl halides is 1. The molecule has 100 valence electrons. The minimum absolute atomic E-state index is 0.0642. The SMILES string of the molecule is CCOC(C)OCCN1CC2CC1CN2CI. The van der Waals surface area contributed by atoms with Crippen molar-refractivity contribution in [2.75, 3.05) is 37.4 Å². The maximum atomic E-state index is 5.63. The first-order valence-corrected chi connectivity index (χ1v) is 8.04. The quantitative estimate of drug-likeness (QED) is 0.300. The Labute approximate surface area is 118 Å². The van der Waals surface area contributed by atoms with Crippen LogP contribution in [-0.4, -0.2) is 65.6 Å². The zero-order chi connectivity index (χ0) is 12.3. The van der Waals surface area contributed by atoms with E-state index in [-0.39, 0.29) is 6.29 Å². The van der Waals surface area contributed by atoms with Gasteiger partial charge < -0.3 is 9.47 Å². The summed E-state index contributed by atoms with van der Waals surface area (Å²) in [5.41, 5.74) is 0. The molecule has 3 atom stereocenters. The summed E-state index contributed by atoms with van der Waals surface area (Å²) in [6.07, 6.45) is 1.29. The molecular weight excluding hydrogens is 331 g/mol. The predicted molar refractivity (Wildman–Crippen MR) is 76.4 cm³/mol. The molecule has 0 N–H and O–H groups in total. The first-order chi connectivity index (χ1) is 8.24. The summed E-state index contributed by atoms with van der Waals surface area (Å²) in [5, 5.41) is 0. The standard InChI is InChI=1S/C12H23IN2O2/c1-3-16-10(2)17-5-4-14-7-12-6-11(14)8-15(12)9-13/h10-12H,3-9H2,1-2H3.